The molecule has 1 aromatic heterocycles. The first kappa shape index (κ1) is 15.1. The summed E-state index contributed by atoms with van der Waals surface area (Å²) in [5.74, 6) is 2.49. The lowest BCUT2D eigenvalue weighted by atomic mass is 9.94. The first-order valence-electron chi connectivity index (χ1n) is 6.82. The van der Waals surface area contributed by atoms with Gasteiger partial charge < -0.3 is 10.3 Å². The Labute approximate surface area is 112 Å². The lowest BCUT2D eigenvalue weighted by molar-refractivity contribution is 0.359. The van der Waals surface area contributed by atoms with Gasteiger partial charge in [0.2, 0.25) is 0 Å². The van der Waals surface area contributed by atoms with Gasteiger partial charge in [0.05, 0.1) is 5.69 Å². The molecule has 0 aliphatic heterocycles. The largest absolute Gasteiger partial charge is 0.384 e. The maximum absolute atomic E-state index is 6.34. The molecule has 0 saturated heterocycles. The van der Waals surface area contributed by atoms with Crippen LogP contribution in [0.5, 0.6) is 0 Å². The fraction of sp³-hybridized carbons (Fsp3) is 0.800. The molecule has 0 amide bonds. The molecule has 0 aromatic carbocycles. The van der Waals surface area contributed by atoms with Crippen molar-refractivity contribution in [3.63, 3.8) is 0 Å². The van der Waals surface area contributed by atoms with Crippen LogP contribution in [0.2, 0.25) is 0 Å². The zero-order valence-corrected chi connectivity index (χ0v) is 13.3. The molecule has 3 nitrogen and oxygen atoms in total. The number of imidazole rings is 1. The van der Waals surface area contributed by atoms with Gasteiger partial charge in [0.15, 0.2) is 0 Å². The average Bonchev–Trinajstić information content (AvgIpc) is 2.41. The standard InChI is InChI=1S/C15H29N3/c1-10(2)9-11-12(16)18(15(6,7)8)13(17-11)14(3,4)5/h10H,9,16H2,1-8H3. The van der Waals surface area contributed by atoms with Crippen molar-refractivity contribution >= 4 is 5.82 Å². The topological polar surface area (TPSA) is 43.8 Å². The van der Waals surface area contributed by atoms with E-state index in [9.17, 15) is 0 Å². The molecule has 0 spiro atoms. The Morgan fingerprint density at radius 1 is 1.11 bits per heavy atom. The first-order chi connectivity index (χ1) is 7.94. The molecule has 3 heteroatoms. The first-order valence-corrected chi connectivity index (χ1v) is 6.82. The zero-order valence-electron chi connectivity index (χ0n) is 13.3. The minimum absolute atomic E-state index is 0.0105. The zero-order chi connectivity index (χ0) is 14.3. The fourth-order valence-electron chi connectivity index (χ4n) is 2.20. The quantitative estimate of drug-likeness (QED) is 0.870. The molecule has 0 fully saturated rings. The number of hydrogen-bond donors (Lipinski definition) is 1. The number of nitrogens with two attached hydrogens (primary N) is 1. The second-order valence-corrected chi connectivity index (χ2v) is 7.62. The number of rotatable bonds is 2. The van der Waals surface area contributed by atoms with Crippen molar-refractivity contribution < 1.29 is 0 Å². The Hall–Kier alpha value is -0.990. The molecule has 0 radical (unpaired) electrons. The van der Waals surface area contributed by atoms with Crippen LogP contribution in [0, 0.1) is 5.92 Å². The van der Waals surface area contributed by atoms with E-state index in [4.69, 9.17) is 10.7 Å². The van der Waals surface area contributed by atoms with E-state index in [0.29, 0.717) is 5.92 Å². The van der Waals surface area contributed by atoms with Crippen LogP contribution in [0.1, 0.15) is 66.9 Å². The van der Waals surface area contributed by atoms with Gasteiger partial charge >= 0.3 is 0 Å². The van der Waals surface area contributed by atoms with Gasteiger partial charge in [0.25, 0.3) is 0 Å². The fourth-order valence-corrected chi connectivity index (χ4v) is 2.20. The third-order valence-corrected chi connectivity index (χ3v) is 2.93. The molecule has 0 atom stereocenters. The van der Waals surface area contributed by atoms with Crippen molar-refractivity contribution in [1.29, 1.82) is 0 Å². The molecule has 0 bridgehead atoms. The molecule has 2 N–H and O–H groups in total. The van der Waals surface area contributed by atoms with Gasteiger partial charge in [-0.1, -0.05) is 34.6 Å². The molecule has 104 valence electrons. The van der Waals surface area contributed by atoms with E-state index >= 15 is 0 Å². The van der Waals surface area contributed by atoms with Crippen molar-refractivity contribution in [1.82, 2.24) is 9.55 Å². The smallest absolute Gasteiger partial charge is 0.127 e. The highest BCUT2D eigenvalue weighted by atomic mass is 15.2. The third-order valence-electron chi connectivity index (χ3n) is 2.93. The molecule has 1 aromatic rings. The van der Waals surface area contributed by atoms with Gasteiger partial charge in [-0.05, 0) is 33.1 Å². The molecular weight excluding hydrogens is 222 g/mol. The monoisotopic (exact) mass is 251 g/mol. The average molecular weight is 251 g/mol. The lowest BCUT2D eigenvalue weighted by Crippen LogP contribution is -2.30. The van der Waals surface area contributed by atoms with Crippen LogP contribution in [0.3, 0.4) is 0 Å². The summed E-state index contributed by atoms with van der Waals surface area (Å²) >= 11 is 0. The predicted octanol–water partition coefficient (Wildman–Crippen LogP) is 3.72. The number of aromatic nitrogens is 2. The van der Waals surface area contributed by atoms with Gasteiger partial charge in [-0.3, -0.25) is 0 Å². The molecule has 0 aliphatic rings. The summed E-state index contributed by atoms with van der Waals surface area (Å²) < 4.78 is 2.20. The van der Waals surface area contributed by atoms with Gasteiger partial charge in [0, 0.05) is 11.0 Å². The van der Waals surface area contributed by atoms with Crippen molar-refractivity contribution in [2.45, 2.75) is 72.8 Å². The van der Waals surface area contributed by atoms with Crippen molar-refractivity contribution in [3.8, 4) is 0 Å². The number of nitrogens with zero attached hydrogens (tertiary/aromatic N) is 2. The van der Waals surface area contributed by atoms with Gasteiger partial charge in [-0.2, -0.15) is 0 Å². The number of anilines is 1. The maximum atomic E-state index is 6.34. The van der Waals surface area contributed by atoms with Crippen LogP contribution >= 0.6 is 0 Å². The SMILES string of the molecule is CC(C)Cc1nc(C(C)(C)C)n(C(C)(C)C)c1N. The normalized spacial score (nSPS) is 13.4. The number of hydrogen-bond acceptors (Lipinski definition) is 2. The van der Waals surface area contributed by atoms with Gasteiger partial charge in [-0.15, -0.1) is 0 Å². The van der Waals surface area contributed by atoms with Crippen LogP contribution in [0.4, 0.5) is 5.82 Å². The molecule has 0 saturated carbocycles. The van der Waals surface area contributed by atoms with Crippen molar-refractivity contribution in [3.05, 3.63) is 11.5 Å². The Bertz CT molecular complexity index is 414. The summed E-state index contributed by atoms with van der Waals surface area (Å²) in [5, 5.41) is 0. The Kier molecular flexibility index (Phi) is 3.85. The molecule has 0 unspecified atom stereocenters. The van der Waals surface area contributed by atoms with E-state index in [1.807, 2.05) is 0 Å². The van der Waals surface area contributed by atoms with E-state index in [-0.39, 0.29) is 11.0 Å². The molecule has 1 rings (SSSR count). The van der Waals surface area contributed by atoms with Crippen LogP contribution in [-0.4, -0.2) is 9.55 Å². The van der Waals surface area contributed by atoms with Crippen LogP contribution < -0.4 is 5.73 Å². The summed E-state index contributed by atoms with van der Waals surface area (Å²) in [7, 11) is 0. The highest BCUT2D eigenvalue weighted by molar-refractivity contribution is 5.41. The van der Waals surface area contributed by atoms with Crippen LogP contribution in [0.25, 0.3) is 0 Å². The predicted molar refractivity (Wildman–Crippen MR) is 78.9 cm³/mol. The van der Waals surface area contributed by atoms with E-state index in [1.165, 1.54) is 0 Å². The summed E-state index contributed by atoms with van der Waals surface area (Å²) in [5.41, 5.74) is 7.36. The van der Waals surface area contributed by atoms with Gasteiger partial charge in [-0.25, -0.2) is 4.98 Å². The van der Waals surface area contributed by atoms with Gasteiger partial charge in [0.1, 0.15) is 11.6 Å². The Balaban J connectivity index is 3.42. The summed E-state index contributed by atoms with van der Waals surface area (Å²) in [4.78, 5) is 4.83. The molecule has 0 aliphatic carbocycles. The molecule has 1 heterocycles. The third kappa shape index (κ3) is 3.06. The highest BCUT2D eigenvalue weighted by Crippen LogP contribution is 2.32. The minimum atomic E-state index is -0.0328. The van der Waals surface area contributed by atoms with Crippen LogP contribution in [-0.2, 0) is 17.4 Å². The summed E-state index contributed by atoms with van der Waals surface area (Å²) in [6.07, 6.45) is 0.942. The molecular formula is C15H29N3. The second kappa shape index (κ2) is 4.60. The van der Waals surface area contributed by atoms with E-state index in [0.717, 1.165) is 23.8 Å². The summed E-state index contributed by atoms with van der Waals surface area (Å²) in [6, 6.07) is 0. The van der Waals surface area contributed by atoms with E-state index < -0.39 is 0 Å². The Morgan fingerprint density at radius 2 is 1.61 bits per heavy atom. The van der Waals surface area contributed by atoms with Crippen molar-refractivity contribution in [2.24, 2.45) is 5.92 Å². The Morgan fingerprint density at radius 3 is 1.89 bits per heavy atom. The lowest BCUT2D eigenvalue weighted by Gasteiger charge is -2.29. The minimum Gasteiger partial charge on any atom is -0.384 e. The molecule has 18 heavy (non-hydrogen) atoms. The van der Waals surface area contributed by atoms with E-state index in [2.05, 4.69) is 60.0 Å². The van der Waals surface area contributed by atoms with E-state index in [1.54, 1.807) is 0 Å². The maximum Gasteiger partial charge on any atom is 0.127 e. The summed E-state index contributed by atoms with van der Waals surface area (Å²) in [6.45, 7) is 17.5. The van der Waals surface area contributed by atoms with Crippen molar-refractivity contribution in [2.75, 3.05) is 5.73 Å². The highest BCUT2D eigenvalue weighted by Gasteiger charge is 2.30. The second-order valence-electron chi connectivity index (χ2n) is 7.62. The van der Waals surface area contributed by atoms with Crippen LogP contribution in [0.15, 0.2) is 0 Å². The number of nitrogen functional groups attached to an aromatic ring is 1.